The molecule has 4 heterocycles. The third kappa shape index (κ3) is 4.39. The molecule has 4 rings (SSSR count). The van der Waals surface area contributed by atoms with E-state index in [0.29, 0.717) is 11.5 Å². The van der Waals surface area contributed by atoms with Crippen LogP contribution in [-0.2, 0) is 24.9 Å². The molecule has 6 nitrogen and oxygen atoms in total. The van der Waals surface area contributed by atoms with E-state index in [0.717, 1.165) is 25.4 Å². The first-order valence-corrected chi connectivity index (χ1v) is 9.99. The molecular formula is C21H31N5O. The predicted molar refractivity (Wildman–Crippen MR) is 105 cm³/mol. The molecule has 2 fully saturated rings. The number of aryl methyl sites for hydroxylation is 1. The molecule has 0 unspecified atom stereocenters. The van der Waals surface area contributed by atoms with Gasteiger partial charge in [-0.1, -0.05) is 6.07 Å². The molecule has 0 amide bonds. The van der Waals surface area contributed by atoms with Crippen molar-refractivity contribution in [3.8, 4) is 0 Å². The maximum Gasteiger partial charge on any atom is 0.0618 e. The van der Waals surface area contributed by atoms with Gasteiger partial charge in [0.1, 0.15) is 0 Å². The molecule has 1 atom stereocenters. The summed E-state index contributed by atoms with van der Waals surface area (Å²) in [7, 11) is 3.81. The smallest absolute Gasteiger partial charge is 0.0618 e. The van der Waals surface area contributed by atoms with Gasteiger partial charge in [0.15, 0.2) is 0 Å². The number of nitrogens with zero attached hydrogens (tertiary/aromatic N) is 5. The van der Waals surface area contributed by atoms with Crippen LogP contribution < -0.4 is 0 Å². The second kappa shape index (κ2) is 8.09. The molecule has 1 spiro atoms. The van der Waals surface area contributed by atoms with Gasteiger partial charge in [-0.05, 0) is 49.9 Å². The summed E-state index contributed by atoms with van der Waals surface area (Å²) in [6.07, 6.45) is 9.79. The van der Waals surface area contributed by atoms with E-state index in [1.165, 1.54) is 44.5 Å². The Kier molecular flexibility index (Phi) is 5.57. The Bertz CT molecular complexity index is 723. The minimum Gasteiger partial charge on any atom is -0.383 e. The van der Waals surface area contributed by atoms with Crippen LogP contribution >= 0.6 is 0 Å². The molecule has 0 bridgehead atoms. The van der Waals surface area contributed by atoms with Crippen molar-refractivity contribution in [2.75, 3.05) is 33.4 Å². The Morgan fingerprint density at radius 1 is 1.22 bits per heavy atom. The number of piperidine rings is 1. The van der Waals surface area contributed by atoms with Crippen LogP contribution in [0.25, 0.3) is 0 Å². The topological polar surface area (TPSA) is 46.4 Å². The fraction of sp³-hybridized carbons (Fsp3) is 0.619. The Labute approximate surface area is 162 Å². The lowest BCUT2D eigenvalue weighted by Crippen LogP contribution is -2.41. The first-order chi connectivity index (χ1) is 13.2. The molecule has 2 saturated heterocycles. The summed E-state index contributed by atoms with van der Waals surface area (Å²) in [5, 5.41) is 4.30. The Morgan fingerprint density at radius 2 is 2.07 bits per heavy atom. The Morgan fingerprint density at radius 3 is 2.74 bits per heavy atom. The van der Waals surface area contributed by atoms with Crippen LogP contribution in [0.4, 0.5) is 0 Å². The summed E-state index contributed by atoms with van der Waals surface area (Å²) in [5.41, 5.74) is 2.90. The number of pyridine rings is 1. The van der Waals surface area contributed by atoms with Crippen molar-refractivity contribution < 1.29 is 4.74 Å². The quantitative estimate of drug-likeness (QED) is 0.782. The van der Waals surface area contributed by atoms with Crippen LogP contribution in [0.5, 0.6) is 0 Å². The average Bonchev–Trinajstić information content (AvgIpc) is 3.22. The van der Waals surface area contributed by atoms with Crippen molar-refractivity contribution in [2.45, 2.75) is 38.4 Å². The predicted octanol–water partition coefficient (Wildman–Crippen LogP) is 2.32. The minimum atomic E-state index is 0.434. The van der Waals surface area contributed by atoms with E-state index >= 15 is 0 Å². The number of likely N-dealkylation sites (tertiary alicyclic amines) is 2. The minimum absolute atomic E-state index is 0.434. The zero-order valence-corrected chi connectivity index (χ0v) is 16.5. The lowest BCUT2D eigenvalue weighted by molar-refractivity contribution is 0.101. The Hall–Kier alpha value is -1.76. The first-order valence-electron chi connectivity index (χ1n) is 9.99. The molecule has 6 heteroatoms. The number of hydrogen-bond donors (Lipinski definition) is 0. The molecular weight excluding hydrogens is 338 g/mol. The SMILES string of the molecule is COC[C@@H]1CC2(CCN(Cc3cnn(C)c3)CC2)CN1Cc1ccccn1. The monoisotopic (exact) mass is 369 g/mol. The van der Waals surface area contributed by atoms with E-state index in [4.69, 9.17) is 4.74 Å². The fourth-order valence-electron chi connectivity index (χ4n) is 4.85. The molecule has 146 valence electrons. The highest BCUT2D eigenvalue weighted by molar-refractivity contribution is 5.07. The molecule has 0 aromatic carbocycles. The summed E-state index contributed by atoms with van der Waals surface area (Å²) >= 11 is 0. The zero-order chi connectivity index (χ0) is 18.7. The number of ether oxygens (including phenoxy) is 1. The van der Waals surface area contributed by atoms with Gasteiger partial charge in [0.25, 0.3) is 0 Å². The van der Waals surface area contributed by atoms with Gasteiger partial charge >= 0.3 is 0 Å². The molecule has 0 N–H and O–H groups in total. The van der Waals surface area contributed by atoms with Crippen molar-refractivity contribution >= 4 is 0 Å². The molecule has 0 aliphatic carbocycles. The summed E-state index contributed by atoms with van der Waals surface area (Å²) in [6, 6.07) is 6.70. The molecule has 2 aromatic rings. The standard InChI is InChI=1S/C21H31N5O/c1-24-13-18(12-23-24)14-25-9-6-21(7-10-25)11-20(16-27-2)26(17-21)15-19-5-3-4-8-22-19/h3-5,8,12-13,20H,6-7,9-11,14-17H2,1-2H3/t20-/m0/s1. The summed E-state index contributed by atoms with van der Waals surface area (Å²) < 4.78 is 7.44. The highest BCUT2D eigenvalue weighted by Gasteiger charge is 2.45. The molecule has 2 aliphatic rings. The molecule has 2 aliphatic heterocycles. The highest BCUT2D eigenvalue weighted by Crippen LogP contribution is 2.44. The van der Waals surface area contributed by atoms with E-state index in [1.54, 1.807) is 0 Å². The number of methoxy groups -OCH3 is 1. The van der Waals surface area contributed by atoms with Gasteiger partial charge in [-0.15, -0.1) is 0 Å². The van der Waals surface area contributed by atoms with E-state index < -0.39 is 0 Å². The molecule has 27 heavy (non-hydrogen) atoms. The average molecular weight is 370 g/mol. The van der Waals surface area contributed by atoms with Crippen LogP contribution in [-0.4, -0.2) is 64.0 Å². The summed E-state index contributed by atoms with van der Waals surface area (Å²) in [4.78, 5) is 9.71. The highest BCUT2D eigenvalue weighted by atomic mass is 16.5. The number of hydrogen-bond acceptors (Lipinski definition) is 5. The van der Waals surface area contributed by atoms with Gasteiger partial charge < -0.3 is 4.74 Å². The summed E-state index contributed by atoms with van der Waals surface area (Å²) in [6.45, 7) is 6.27. The largest absolute Gasteiger partial charge is 0.383 e. The van der Waals surface area contributed by atoms with E-state index in [-0.39, 0.29) is 0 Å². The van der Waals surface area contributed by atoms with Gasteiger partial charge in [-0.25, -0.2) is 0 Å². The van der Waals surface area contributed by atoms with Gasteiger partial charge in [-0.3, -0.25) is 19.5 Å². The fourth-order valence-corrected chi connectivity index (χ4v) is 4.85. The first kappa shape index (κ1) is 18.6. The van der Waals surface area contributed by atoms with Crippen molar-refractivity contribution in [1.29, 1.82) is 0 Å². The van der Waals surface area contributed by atoms with Crippen LogP contribution in [0.15, 0.2) is 36.8 Å². The number of aromatic nitrogens is 3. The van der Waals surface area contributed by atoms with E-state index in [1.807, 2.05) is 37.3 Å². The number of rotatable bonds is 6. The maximum absolute atomic E-state index is 5.55. The lowest BCUT2D eigenvalue weighted by Gasteiger charge is -2.39. The third-order valence-corrected chi connectivity index (χ3v) is 6.26. The third-order valence-electron chi connectivity index (χ3n) is 6.26. The molecule has 0 saturated carbocycles. The maximum atomic E-state index is 5.55. The van der Waals surface area contributed by atoms with Crippen molar-refractivity contribution in [2.24, 2.45) is 12.5 Å². The van der Waals surface area contributed by atoms with Crippen molar-refractivity contribution in [3.05, 3.63) is 48.0 Å². The molecule has 0 radical (unpaired) electrons. The van der Waals surface area contributed by atoms with E-state index in [2.05, 4.69) is 38.2 Å². The van der Waals surface area contributed by atoms with Crippen LogP contribution in [0.1, 0.15) is 30.5 Å². The normalized spacial score (nSPS) is 23.3. The zero-order valence-electron chi connectivity index (χ0n) is 16.5. The second-order valence-corrected chi connectivity index (χ2v) is 8.34. The van der Waals surface area contributed by atoms with Crippen LogP contribution in [0.2, 0.25) is 0 Å². The van der Waals surface area contributed by atoms with Crippen molar-refractivity contribution in [3.63, 3.8) is 0 Å². The van der Waals surface area contributed by atoms with Gasteiger partial charge in [0, 0.05) is 57.8 Å². The van der Waals surface area contributed by atoms with Crippen molar-refractivity contribution in [1.82, 2.24) is 24.6 Å². The lowest BCUT2D eigenvalue weighted by atomic mass is 9.76. The van der Waals surface area contributed by atoms with Crippen LogP contribution in [0, 0.1) is 5.41 Å². The second-order valence-electron chi connectivity index (χ2n) is 8.34. The summed E-state index contributed by atoms with van der Waals surface area (Å²) in [5.74, 6) is 0. The van der Waals surface area contributed by atoms with Gasteiger partial charge in [0.2, 0.25) is 0 Å². The van der Waals surface area contributed by atoms with Gasteiger partial charge in [-0.2, -0.15) is 5.10 Å². The van der Waals surface area contributed by atoms with Gasteiger partial charge in [0.05, 0.1) is 18.5 Å². The Balaban J connectivity index is 1.37. The van der Waals surface area contributed by atoms with E-state index in [9.17, 15) is 0 Å². The molecule has 2 aromatic heterocycles. The van der Waals surface area contributed by atoms with Crippen LogP contribution in [0.3, 0.4) is 0 Å².